The first-order valence-corrected chi connectivity index (χ1v) is 12.3. The van der Waals surface area contributed by atoms with E-state index >= 15 is 0 Å². The second kappa shape index (κ2) is 8.03. The minimum absolute atomic E-state index is 0.387. The van der Waals surface area contributed by atoms with E-state index in [0.29, 0.717) is 17.3 Å². The van der Waals surface area contributed by atoms with Gasteiger partial charge in [-0.15, -0.1) is 0 Å². The first-order valence-electron chi connectivity index (χ1n) is 12.3. The average Bonchev–Trinajstić information content (AvgIpc) is 3.52. The van der Waals surface area contributed by atoms with Crippen LogP contribution in [0, 0.1) is 28.1 Å². The van der Waals surface area contributed by atoms with Crippen molar-refractivity contribution in [2.24, 2.45) is 11.3 Å². The van der Waals surface area contributed by atoms with Crippen LogP contribution in [-0.4, -0.2) is 66.5 Å². The highest BCUT2D eigenvalue weighted by molar-refractivity contribution is 5.87. The van der Waals surface area contributed by atoms with Gasteiger partial charge in [0.2, 0.25) is 0 Å². The summed E-state index contributed by atoms with van der Waals surface area (Å²) in [5.41, 5.74) is 2.59. The molecule has 0 amide bonds. The third-order valence-electron chi connectivity index (χ3n) is 8.56. The van der Waals surface area contributed by atoms with Crippen molar-refractivity contribution in [3.63, 3.8) is 0 Å². The normalized spacial score (nSPS) is 32.4. The van der Waals surface area contributed by atoms with Gasteiger partial charge in [0.25, 0.3) is 0 Å². The van der Waals surface area contributed by atoms with Crippen LogP contribution in [0.25, 0.3) is 0 Å². The third-order valence-corrected chi connectivity index (χ3v) is 8.56. The zero-order chi connectivity index (χ0) is 23.3. The molecule has 2 atom stereocenters. The standard InChI is InChI=1S/C26H31N7O/c1-18-10-25(18)14-26(15-25,16-28)20-3-2-19(11-27)22(8-20)31-23-9-24(30-17-29-23)33-5-4-32-6-7-34-13-21(32)12-33/h2-3,8-9,11,17-18,21,27H,4-7,10,12-15H2,1H3,(H,29,30,31)/t18-,21?,25?,26?/m0/s1. The van der Waals surface area contributed by atoms with Crippen molar-refractivity contribution in [1.29, 1.82) is 10.7 Å². The molecule has 4 fully saturated rings. The maximum atomic E-state index is 10.1. The van der Waals surface area contributed by atoms with Gasteiger partial charge in [0.15, 0.2) is 0 Å². The molecule has 176 valence electrons. The molecule has 6 rings (SSSR count). The highest BCUT2D eigenvalue weighted by Crippen LogP contribution is 2.72. The van der Waals surface area contributed by atoms with Crippen LogP contribution in [0.2, 0.25) is 0 Å². The lowest BCUT2D eigenvalue weighted by molar-refractivity contribution is -0.0117. The Balaban J connectivity index is 1.23. The molecule has 1 aromatic heterocycles. The summed E-state index contributed by atoms with van der Waals surface area (Å²) in [5, 5.41) is 21.3. The van der Waals surface area contributed by atoms with Gasteiger partial charge in [-0.2, -0.15) is 5.26 Å². The number of hydrogen-bond donors (Lipinski definition) is 2. The maximum absolute atomic E-state index is 10.1. The molecule has 2 saturated carbocycles. The molecule has 2 saturated heterocycles. The lowest BCUT2D eigenvalue weighted by atomic mass is 9.56. The van der Waals surface area contributed by atoms with Crippen LogP contribution < -0.4 is 10.2 Å². The molecule has 8 nitrogen and oxygen atoms in total. The fourth-order valence-electron chi connectivity index (χ4n) is 6.31. The highest BCUT2D eigenvalue weighted by Gasteiger charge is 2.66. The minimum atomic E-state index is -0.416. The van der Waals surface area contributed by atoms with Gasteiger partial charge in [0.1, 0.15) is 18.0 Å². The third kappa shape index (κ3) is 3.55. The number of morpholine rings is 1. The number of nitrogens with zero attached hydrogens (tertiary/aromatic N) is 5. The lowest BCUT2D eigenvalue weighted by Gasteiger charge is -2.45. The van der Waals surface area contributed by atoms with E-state index in [-0.39, 0.29) is 0 Å². The number of hydrogen-bond acceptors (Lipinski definition) is 8. The van der Waals surface area contributed by atoms with Gasteiger partial charge in [-0.1, -0.05) is 19.1 Å². The molecule has 2 aliphatic carbocycles. The summed E-state index contributed by atoms with van der Waals surface area (Å²) in [6, 6.07) is 11.0. The van der Waals surface area contributed by atoms with Crippen LogP contribution in [0.4, 0.5) is 17.3 Å². The molecule has 34 heavy (non-hydrogen) atoms. The van der Waals surface area contributed by atoms with E-state index in [0.717, 1.165) is 80.8 Å². The van der Waals surface area contributed by atoms with Gasteiger partial charge in [0, 0.05) is 49.7 Å². The van der Waals surface area contributed by atoms with Crippen LogP contribution in [0.15, 0.2) is 30.6 Å². The van der Waals surface area contributed by atoms with Crippen molar-refractivity contribution in [2.75, 3.05) is 49.6 Å². The van der Waals surface area contributed by atoms with Crippen molar-refractivity contribution >= 4 is 23.5 Å². The van der Waals surface area contributed by atoms with E-state index in [9.17, 15) is 5.26 Å². The Morgan fingerprint density at radius 1 is 1.24 bits per heavy atom. The predicted molar refractivity (Wildman–Crippen MR) is 131 cm³/mol. The number of ether oxygens (including phenoxy) is 1. The van der Waals surface area contributed by atoms with E-state index in [1.807, 2.05) is 24.3 Å². The Hall–Kier alpha value is -3.02. The number of piperazine rings is 1. The van der Waals surface area contributed by atoms with Crippen LogP contribution >= 0.6 is 0 Å². The second-order valence-electron chi connectivity index (χ2n) is 10.6. The number of benzene rings is 1. The predicted octanol–water partition coefficient (Wildman–Crippen LogP) is 3.32. The summed E-state index contributed by atoms with van der Waals surface area (Å²) in [6.45, 7) is 7.71. The summed E-state index contributed by atoms with van der Waals surface area (Å²) in [5.74, 6) is 2.32. The summed E-state index contributed by atoms with van der Waals surface area (Å²) < 4.78 is 5.68. The van der Waals surface area contributed by atoms with E-state index in [1.54, 1.807) is 6.33 Å². The number of nitrogens with one attached hydrogen (secondary N) is 2. The minimum Gasteiger partial charge on any atom is -0.378 e. The summed E-state index contributed by atoms with van der Waals surface area (Å²) >= 11 is 0. The largest absolute Gasteiger partial charge is 0.378 e. The van der Waals surface area contributed by atoms with E-state index < -0.39 is 5.41 Å². The molecule has 0 radical (unpaired) electrons. The van der Waals surface area contributed by atoms with Gasteiger partial charge in [-0.25, -0.2) is 9.97 Å². The Kier molecular flexibility index (Phi) is 5.08. The number of anilines is 3. The summed E-state index contributed by atoms with van der Waals surface area (Å²) in [7, 11) is 0. The van der Waals surface area contributed by atoms with Gasteiger partial charge in [-0.3, -0.25) is 4.90 Å². The van der Waals surface area contributed by atoms with Crippen LogP contribution in [0.1, 0.15) is 37.3 Å². The van der Waals surface area contributed by atoms with Crippen molar-refractivity contribution < 1.29 is 4.74 Å². The molecule has 2 aromatic rings. The molecule has 1 aromatic carbocycles. The zero-order valence-electron chi connectivity index (χ0n) is 19.6. The van der Waals surface area contributed by atoms with Gasteiger partial charge < -0.3 is 20.4 Å². The van der Waals surface area contributed by atoms with Gasteiger partial charge in [-0.05, 0) is 42.2 Å². The fourth-order valence-corrected chi connectivity index (χ4v) is 6.31. The molecular formula is C26H31N7O. The highest BCUT2D eigenvalue weighted by atomic mass is 16.5. The molecule has 0 bridgehead atoms. The number of fused-ring (bicyclic) bond motifs is 1. The van der Waals surface area contributed by atoms with E-state index in [1.165, 1.54) is 12.6 Å². The second-order valence-corrected chi connectivity index (χ2v) is 10.6. The van der Waals surface area contributed by atoms with Crippen molar-refractivity contribution in [1.82, 2.24) is 14.9 Å². The van der Waals surface area contributed by atoms with Gasteiger partial charge in [0.05, 0.1) is 30.7 Å². The Labute approximate surface area is 200 Å². The lowest BCUT2D eigenvalue weighted by Crippen LogP contribution is -2.58. The molecule has 8 heteroatoms. The quantitative estimate of drug-likeness (QED) is 0.664. The van der Waals surface area contributed by atoms with Crippen LogP contribution in [0.5, 0.6) is 0 Å². The van der Waals surface area contributed by atoms with Crippen molar-refractivity contribution in [3.8, 4) is 6.07 Å². The topological polar surface area (TPSA) is 101 Å². The molecule has 3 heterocycles. The van der Waals surface area contributed by atoms with Gasteiger partial charge >= 0.3 is 0 Å². The van der Waals surface area contributed by atoms with Crippen LogP contribution in [0.3, 0.4) is 0 Å². The fraction of sp³-hybridized carbons (Fsp3) is 0.538. The molecule has 4 aliphatic rings. The number of aromatic nitrogens is 2. The first-order chi connectivity index (χ1) is 16.5. The van der Waals surface area contributed by atoms with Crippen molar-refractivity contribution in [3.05, 3.63) is 41.7 Å². The molecule has 2 N–H and O–H groups in total. The molecule has 2 aliphatic heterocycles. The average molecular weight is 458 g/mol. The zero-order valence-corrected chi connectivity index (χ0v) is 19.6. The number of nitriles is 1. The smallest absolute Gasteiger partial charge is 0.135 e. The molecular weight excluding hydrogens is 426 g/mol. The molecule has 1 spiro atoms. The monoisotopic (exact) mass is 457 g/mol. The Bertz CT molecular complexity index is 1150. The van der Waals surface area contributed by atoms with E-state index in [2.05, 4.69) is 38.1 Å². The SMILES string of the molecule is C[C@H]1CC12CC(C#N)(c1ccc(C=N)c(Nc3cc(N4CCN5CCOCC5C4)ncn3)c1)C2. The summed E-state index contributed by atoms with van der Waals surface area (Å²) in [4.78, 5) is 13.8. The Morgan fingerprint density at radius 3 is 2.85 bits per heavy atom. The summed E-state index contributed by atoms with van der Waals surface area (Å²) in [6.07, 6.45) is 6.06. The van der Waals surface area contributed by atoms with Crippen molar-refractivity contribution in [2.45, 2.75) is 37.6 Å². The Morgan fingerprint density at radius 2 is 2.09 bits per heavy atom. The molecule has 1 unspecified atom stereocenters. The first kappa shape index (κ1) is 21.5. The maximum Gasteiger partial charge on any atom is 0.135 e. The number of rotatable bonds is 5. The van der Waals surface area contributed by atoms with Crippen LogP contribution in [-0.2, 0) is 10.2 Å². The van der Waals surface area contributed by atoms with E-state index in [4.69, 9.17) is 10.1 Å².